The molecule has 0 fully saturated rings. The van der Waals surface area contributed by atoms with E-state index in [9.17, 15) is 22.8 Å². The van der Waals surface area contributed by atoms with Gasteiger partial charge >= 0.3 is 6.18 Å². The van der Waals surface area contributed by atoms with Crippen molar-refractivity contribution in [3.63, 3.8) is 0 Å². The lowest BCUT2D eigenvalue weighted by atomic mass is 10.2. The van der Waals surface area contributed by atoms with Crippen LogP contribution >= 0.6 is 0 Å². The first-order valence-corrected chi connectivity index (χ1v) is 10.9. The molecule has 4 aromatic heterocycles. The summed E-state index contributed by atoms with van der Waals surface area (Å²) in [6, 6.07) is 9.52. The smallest absolute Gasteiger partial charge is 0.380 e. The molecule has 186 valence electrons. The van der Waals surface area contributed by atoms with Crippen LogP contribution in [-0.2, 0) is 17.5 Å². The number of carbonyl (C=O) groups is 1. The summed E-state index contributed by atoms with van der Waals surface area (Å²) >= 11 is 0. The molecular formula is C24H21F3N6O3. The van der Waals surface area contributed by atoms with Crippen LogP contribution in [0.15, 0.2) is 72.0 Å². The Balaban J connectivity index is 1.55. The lowest BCUT2D eigenvalue weighted by Crippen LogP contribution is -2.24. The van der Waals surface area contributed by atoms with Crippen molar-refractivity contribution in [2.45, 2.75) is 19.6 Å². The zero-order chi connectivity index (χ0) is 25.7. The molecule has 0 aromatic carbocycles. The van der Waals surface area contributed by atoms with Crippen LogP contribution in [0, 0.1) is 0 Å². The average Bonchev–Trinajstić information content (AvgIpc) is 3.33. The van der Waals surface area contributed by atoms with Gasteiger partial charge in [0.15, 0.2) is 11.5 Å². The molecule has 0 aliphatic carbocycles. The van der Waals surface area contributed by atoms with Gasteiger partial charge in [-0.1, -0.05) is 0 Å². The van der Waals surface area contributed by atoms with Gasteiger partial charge in [-0.2, -0.15) is 18.3 Å². The summed E-state index contributed by atoms with van der Waals surface area (Å²) in [6.45, 7) is 2.95. The normalized spacial score (nSPS) is 11.4. The van der Waals surface area contributed by atoms with Crippen molar-refractivity contribution in [2.75, 3.05) is 18.5 Å². The maximum absolute atomic E-state index is 13.7. The third-order valence-electron chi connectivity index (χ3n) is 5.11. The number of rotatable bonds is 8. The van der Waals surface area contributed by atoms with Gasteiger partial charge in [-0.3, -0.25) is 14.6 Å². The van der Waals surface area contributed by atoms with Gasteiger partial charge in [0, 0.05) is 43.4 Å². The standard InChI is InChI=1S/C24H21F3N6O3/c1-2-36-11-10-32-15-17(5-8-22(32)34)23(35)30-18-6-7-21(29-14-18)33-20(24(25,26)27)12-19(31-33)16-4-3-9-28-13-16/h3-9,12-15H,2,10-11H2,1H3,(H,30,35). The molecule has 0 spiro atoms. The van der Waals surface area contributed by atoms with Crippen molar-refractivity contribution in [1.29, 1.82) is 0 Å². The van der Waals surface area contributed by atoms with Crippen molar-refractivity contribution >= 4 is 11.6 Å². The number of hydrogen-bond acceptors (Lipinski definition) is 6. The molecule has 0 aliphatic heterocycles. The van der Waals surface area contributed by atoms with Crippen LogP contribution in [0.1, 0.15) is 23.0 Å². The highest BCUT2D eigenvalue weighted by Gasteiger charge is 2.36. The molecule has 0 atom stereocenters. The summed E-state index contributed by atoms with van der Waals surface area (Å²) < 4.78 is 48.3. The maximum atomic E-state index is 13.7. The molecular weight excluding hydrogens is 477 g/mol. The number of anilines is 1. The van der Waals surface area contributed by atoms with Gasteiger partial charge in [0.25, 0.3) is 11.5 Å². The molecule has 9 nitrogen and oxygen atoms in total. The minimum absolute atomic E-state index is 0.0834. The second kappa shape index (κ2) is 10.5. The molecule has 1 amide bonds. The molecule has 4 heterocycles. The first kappa shape index (κ1) is 24.8. The monoisotopic (exact) mass is 498 g/mol. The fraction of sp³-hybridized carbons (Fsp3) is 0.208. The van der Waals surface area contributed by atoms with E-state index in [0.717, 1.165) is 6.07 Å². The van der Waals surface area contributed by atoms with Crippen molar-refractivity contribution in [3.8, 4) is 17.1 Å². The molecule has 0 unspecified atom stereocenters. The lowest BCUT2D eigenvalue weighted by Gasteiger charge is -2.11. The largest absolute Gasteiger partial charge is 0.433 e. The quantitative estimate of drug-likeness (QED) is 0.371. The Morgan fingerprint density at radius 2 is 1.97 bits per heavy atom. The minimum Gasteiger partial charge on any atom is -0.380 e. The predicted molar refractivity (Wildman–Crippen MR) is 125 cm³/mol. The second-order valence-corrected chi connectivity index (χ2v) is 7.57. The topological polar surface area (TPSA) is 104 Å². The number of halogens is 3. The van der Waals surface area contributed by atoms with Crippen LogP contribution in [0.2, 0.25) is 0 Å². The van der Waals surface area contributed by atoms with Gasteiger partial charge < -0.3 is 14.6 Å². The van der Waals surface area contributed by atoms with Gasteiger partial charge in [0.2, 0.25) is 0 Å². The van der Waals surface area contributed by atoms with Crippen molar-refractivity contribution in [3.05, 3.63) is 88.9 Å². The van der Waals surface area contributed by atoms with E-state index in [1.165, 1.54) is 53.6 Å². The number of amides is 1. The van der Waals surface area contributed by atoms with Crippen LogP contribution in [0.5, 0.6) is 0 Å². The average molecular weight is 498 g/mol. The summed E-state index contributed by atoms with van der Waals surface area (Å²) in [4.78, 5) is 32.6. The molecule has 1 N–H and O–H groups in total. The van der Waals surface area contributed by atoms with E-state index in [1.807, 2.05) is 6.92 Å². The SMILES string of the molecule is CCOCCn1cc(C(=O)Nc2ccc(-n3nc(-c4cccnc4)cc3C(F)(F)F)nc2)ccc1=O. The fourth-order valence-corrected chi connectivity index (χ4v) is 3.35. The van der Waals surface area contributed by atoms with Gasteiger partial charge in [0.1, 0.15) is 0 Å². The predicted octanol–water partition coefficient (Wildman–Crippen LogP) is 3.80. The number of carbonyl (C=O) groups excluding carboxylic acids is 1. The Bertz CT molecular complexity index is 1400. The van der Waals surface area contributed by atoms with Crippen LogP contribution in [0.4, 0.5) is 18.9 Å². The van der Waals surface area contributed by atoms with E-state index >= 15 is 0 Å². The number of ether oxygens (including phenoxy) is 1. The summed E-state index contributed by atoms with van der Waals surface area (Å²) in [6.07, 6.45) is 0.892. The van der Waals surface area contributed by atoms with E-state index in [4.69, 9.17) is 4.74 Å². The van der Waals surface area contributed by atoms with Gasteiger partial charge in [-0.25, -0.2) is 9.67 Å². The van der Waals surface area contributed by atoms with Crippen molar-refractivity contribution in [2.24, 2.45) is 0 Å². The fourth-order valence-electron chi connectivity index (χ4n) is 3.35. The Kier molecular flexibility index (Phi) is 7.25. The summed E-state index contributed by atoms with van der Waals surface area (Å²) in [5.74, 6) is -0.594. The van der Waals surface area contributed by atoms with Gasteiger partial charge in [0.05, 0.1) is 29.7 Å². The maximum Gasteiger partial charge on any atom is 0.433 e. The van der Waals surface area contributed by atoms with Crippen molar-refractivity contribution < 1.29 is 22.7 Å². The summed E-state index contributed by atoms with van der Waals surface area (Å²) in [5.41, 5.74) is -0.281. The summed E-state index contributed by atoms with van der Waals surface area (Å²) in [5, 5.41) is 6.69. The Labute approximate surface area is 203 Å². The van der Waals surface area contributed by atoms with E-state index in [1.54, 1.807) is 12.1 Å². The van der Waals surface area contributed by atoms with Crippen molar-refractivity contribution in [1.82, 2.24) is 24.3 Å². The summed E-state index contributed by atoms with van der Waals surface area (Å²) in [7, 11) is 0. The molecule has 4 aromatic rings. The Morgan fingerprint density at radius 3 is 2.64 bits per heavy atom. The number of nitrogens with zero attached hydrogens (tertiary/aromatic N) is 5. The zero-order valence-electron chi connectivity index (χ0n) is 19.1. The lowest BCUT2D eigenvalue weighted by molar-refractivity contribution is -0.142. The van der Waals surface area contributed by atoms with Crippen LogP contribution in [-0.4, -0.2) is 43.4 Å². The van der Waals surface area contributed by atoms with Crippen LogP contribution < -0.4 is 10.9 Å². The molecule has 0 saturated heterocycles. The number of hydrogen-bond donors (Lipinski definition) is 1. The van der Waals surface area contributed by atoms with E-state index in [2.05, 4.69) is 20.4 Å². The number of pyridine rings is 3. The van der Waals surface area contributed by atoms with E-state index in [-0.39, 0.29) is 34.9 Å². The number of alkyl halides is 3. The van der Waals surface area contributed by atoms with Crippen LogP contribution in [0.3, 0.4) is 0 Å². The Hall–Kier alpha value is -4.32. The third kappa shape index (κ3) is 5.66. The first-order chi connectivity index (χ1) is 17.3. The molecule has 12 heteroatoms. The zero-order valence-corrected chi connectivity index (χ0v) is 19.1. The Morgan fingerprint density at radius 1 is 1.14 bits per heavy atom. The second-order valence-electron chi connectivity index (χ2n) is 7.57. The minimum atomic E-state index is -4.67. The van der Waals surface area contributed by atoms with Crippen LogP contribution in [0.25, 0.3) is 17.1 Å². The highest BCUT2D eigenvalue weighted by molar-refractivity contribution is 6.03. The molecule has 36 heavy (non-hydrogen) atoms. The van der Waals surface area contributed by atoms with E-state index < -0.39 is 17.8 Å². The highest BCUT2D eigenvalue weighted by Crippen LogP contribution is 2.33. The molecule has 0 bridgehead atoms. The molecule has 0 saturated carbocycles. The third-order valence-corrected chi connectivity index (χ3v) is 5.11. The molecule has 4 rings (SSSR count). The van der Waals surface area contributed by atoms with E-state index in [0.29, 0.717) is 23.5 Å². The number of aromatic nitrogens is 5. The highest BCUT2D eigenvalue weighted by atomic mass is 19.4. The molecule has 0 aliphatic rings. The van der Waals surface area contributed by atoms with Gasteiger partial charge in [-0.05, 0) is 43.3 Å². The number of nitrogens with one attached hydrogen (secondary N) is 1. The van der Waals surface area contributed by atoms with Gasteiger partial charge in [-0.15, -0.1) is 0 Å². The first-order valence-electron chi connectivity index (χ1n) is 10.9. The molecule has 0 radical (unpaired) electrons.